The second-order valence-electron chi connectivity index (χ2n) is 7.30. The van der Waals surface area contributed by atoms with Crippen LogP contribution in [0.1, 0.15) is 31.2 Å². The molecule has 0 bridgehead atoms. The molecule has 1 fully saturated rings. The van der Waals surface area contributed by atoms with Crippen LogP contribution in [0.2, 0.25) is 5.02 Å². The molecule has 0 aromatic heterocycles. The number of esters is 1. The summed E-state index contributed by atoms with van der Waals surface area (Å²) in [5.41, 5.74) is -0.643. The van der Waals surface area contributed by atoms with Gasteiger partial charge in [-0.25, -0.2) is 9.18 Å². The molecule has 0 unspecified atom stereocenters. The summed E-state index contributed by atoms with van der Waals surface area (Å²) in [6.45, 7) is -1.12. The van der Waals surface area contributed by atoms with E-state index in [9.17, 15) is 18.8 Å². The molecule has 0 aliphatic heterocycles. The number of Topliss-reactive ketones (excluding diaryl/α,β-unsaturated/α-hetero) is 1. The number of benzene rings is 2. The number of ether oxygens (including phenoxy) is 2. The summed E-state index contributed by atoms with van der Waals surface area (Å²) in [7, 11) is 1.51. The van der Waals surface area contributed by atoms with Crippen LogP contribution in [0.4, 0.5) is 4.39 Å². The molecule has 1 aliphatic carbocycles. The van der Waals surface area contributed by atoms with Crippen LogP contribution in [0, 0.1) is 5.82 Å². The molecule has 2 aromatic rings. The summed E-state index contributed by atoms with van der Waals surface area (Å²) in [5.74, 6) is -2.17. The minimum Gasteiger partial charge on any atom is -0.479 e. The third-order valence-corrected chi connectivity index (χ3v) is 5.79. The van der Waals surface area contributed by atoms with E-state index in [1.165, 1.54) is 30.1 Å². The predicted octanol–water partition coefficient (Wildman–Crippen LogP) is 3.90. The molecule has 164 valence electrons. The van der Waals surface area contributed by atoms with Crippen molar-refractivity contribution in [3.8, 4) is 5.75 Å². The molecule has 1 saturated carbocycles. The molecule has 1 aliphatic rings. The van der Waals surface area contributed by atoms with Gasteiger partial charge in [0, 0.05) is 24.1 Å². The lowest BCUT2D eigenvalue weighted by Crippen LogP contribution is -2.55. The fourth-order valence-electron chi connectivity index (χ4n) is 3.82. The second-order valence-corrected chi connectivity index (χ2v) is 7.71. The van der Waals surface area contributed by atoms with E-state index in [0.29, 0.717) is 23.4 Å². The predicted molar refractivity (Wildman–Crippen MR) is 112 cm³/mol. The van der Waals surface area contributed by atoms with Crippen molar-refractivity contribution >= 4 is 29.3 Å². The lowest BCUT2D eigenvalue weighted by molar-refractivity contribution is -0.158. The quantitative estimate of drug-likeness (QED) is 0.602. The first-order valence-corrected chi connectivity index (χ1v) is 10.3. The van der Waals surface area contributed by atoms with Gasteiger partial charge in [-0.2, -0.15) is 0 Å². The number of hydrogen-bond acceptors (Lipinski definition) is 5. The number of ketones is 1. The summed E-state index contributed by atoms with van der Waals surface area (Å²) in [6, 6.07) is 12.6. The third-order valence-electron chi connectivity index (χ3n) is 5.46. The minimum atomic E-state index is -1.20. The SMILES string of the molecule is CN(C(=O)COC(=O)COc1ccccc1F)[C@@]1(c2ccccc2Cl)CCCCC1=O. The molecular formula is C23H23ClFNO5. The van der Waals surface area contributed by atoms with Crippen molar-refractivity contribution in [1.29, 1.82) is 0 Å². The second kappa shape index (κ2) is 9.92. The zero-order chi connectivity index (χ0) is 22.4. The molecular weight excluding hydrogens is 425 g/mol. The maximum Gasteiger partial charge on any atom is 0.344 e. The first-order chi connectivity index (χ1) is 14.9. The Balaban J connectivity index is 1.68. The maximum atomic E-state index is 13.6. The van der Waals surface area contributed by atoms with Crippen molar-refractivity contribution in [1.82, 2.24) is 4.90 Å². The van der Waals surface area contributed by atoms with Crippen LogP contribution in [-0.4, -0.2) is 42.8 Å². The van der Waals surface area contributed by atoms with Gasteiger partial charge in [0.15, 0.2) is 30.6 Å². The highest BCUT2D eigenvalue weighted by Crippen LogP contribution is 2.42. The summed E-state index contributed by atoms with van der Waals surface area (Å²) < 4.78 is 23.6. The van der Waals surface area contributed by atoms with Crippen molar-refractivity contribution in [2.24, 2.45) is 0 Å². The van der Waals surface area contributed by atoms with Gasteiger partial charge in [-0.05, 0) is 37.5 Å². The van der Waals surface area contributed by atoms with Gasteiger partial charge in [-0.1, -0.05) is 41.9 Å². The lowest BCUT2D eigenvalue weighted by Gasteiger charge is -2.43. The van der Waals surface area contributed by atoms with Gasteiger partial charge < -0.3 is 14.4 Å². The zero-order valence-corrected chi connectivity index (χ0v) is 17.9. The van der Waals surface area contributed by atoms with E-state index in [4.69, 9.17) is 21.1 Å². The highest BCUT2D eigenvalue weighted by Gasteiger charge is 2.47. The van der Waals surface area contributed by atoms with Crippen molar-refractivity contribution in [3.05, 3.63) is 64.9 Å². The first kappa shape index (κ1) is 22.7. The maximum absolute atomic E-state index is 13.6. The van der Waals surface area contributed by atoms with Gasteiger partial charge >= 0.3 is 5.97 Å². The zero-order valence-electron chi connectivity index (χ0n) is 17.1. The molecule has 6 nitrogen and oxygen atoms in total. The number of nitrogens with zero attached hydrogens (tertiary/aromatic N) is 1. The normalized spacial score (nSPS) is 18.4. The highest BCUT2D eigenvalue weighted by atomic mass is 35.5. The van der Waals surface area contributed by atoms with Gasteiger partial charge in [-0.3, -0.25) is 9.59 Å². The Hall–Kier alpha value is -2.93. The Morgan fingerprint density at radius 1 is 1.10 bits per heavy atom. The Morgan fingerprint density at radius 3 is 2.52 bits per heavy atom. The molecule has 0 saturated heterocycles. The molecule has 0 N–H and O–H groups in total. The number of amides is 1. The fraction of sp³-hybridized carbons (Fsp3) is 0.348. The number of hydrogen-bond donors (Lipinski definition) is 0. The minimum absolute atomic E-state index is 0.0895. The van der Waals surface area contributed by atoms with Crippen molar-refractivity contribution < 1.29 is 28.2 Å². The Bertz CT molecular complexity index is 982. The van der Waals surface area contributed by atoms with E-state index < -0.39 is 36.4 Å². The first-order valence-electron chi connectivity index (χ1n) is 9.94. The van der Waals surface area contributed by atoms with E-state index in [0.717, 1.165) is 12.8 Å². The van der Waals surface area contributed by atoms with Gasteiger partial charge in [0.25, 0.3) is 5.91 Å². The van der Waals surface area contributed by atoms with Crippen LogP contribution in [0.15, 0.2) is 48.5 Å². The molecule has 1 amide bonds. The third kappa shape index (κ3) is 4.88. The Morgan fingerprint density at radius 2 is 1.81 bits per heavy atom. The number of para-hydroxylation sites is 1. The van der Waals surface area contributed by atoms with Gasteiger partial charge in [0.05, 0.1) is 0 Å². The Labute approximate surface area is 184 Å². The number of carbonyl (C=O) groups excluding carboxylic acids is 3. The molecule has 3 rings (SSSR count). The van der Waals surface area contributed by atoms with Gasteiger partial charge in [0.1, 0.15) is 5.54 Å². The smallest absolute Gasteiger partial charge is 0.344 e. The van der Waals surface area contributed by atoms with E-state index in [-0.39, 0.29) is 11.5 Å². The van der Waals surface area contributed by atoms with Crippen molar-refractivity contribution in [2.45, 2.75) is 31.2 Å². The molecule has 31 heavy (non-hydrogen) atoms. The van der Waals surface area contributed by atoms with Crippen LogP contribution < -0.4 is 4.74 Å². The van der Waals surface area contributed by atoms with Crippen LogP contribution in [-0.2, 0) is 24.7 Å². The fourth-order valence-corrected chi connectivity index (χ4v) is 4.11. The summed E-state index contributed by atoms with van der Waals surface area (Å²) >= 11 is 6.38. The van der Waals surface area contributed by atoms with Crippen LogP contribution in [0.3, 0.4) is 0 Å². The van der Waals surface area contributed by atoms with E-state index >= 15 is 0 Å². The van der Waals surface area contributed by atoms with Crippen LogP contribution in [0.25, 0.3) is 0 Å². The van der Waals surface area contributed by atoms with Crippen molar-refractivity contribution in [2.75, 3.05) is 20.3 Å². The molecule has 0 heterocycles. The largest absolute Gasteiger partial charge is 0.479 e. The molecule has 0 spiro atoms. The average molecular weight is 448 g/mol. The monoisotopic (exact) mass is 447 g/mol. The molecule has 8 heteroatoms. The van der Waals surface area contributed by atoms with E-state index in [2.05, 4.69) is 0 Å². The van der Waals surface area contributed by atoms with Gasteiger partial charge in [-0.15, -0.1) is 0 Å². The summed E-state index contributed by atoms with van der Waals surface area (Å²) in [6.07, 6.45) is 2.27. The average Bonchev–Trinajstić information content (AvgIpc) is 2.77. The van der Waals surface area contributed by atoms with Gasteiger partial charge in [0.2, 0.25) is 0 Å². The number of likely N-dealkylation sites (N-methyl/N-ethyl adjacent to an activating group) is 1. The number of halogens is 2. The summed E-state index contributed by atoms with van der Waals surface area (Å²) in [4.78, 5) is 39.2. The van der Waals surface area contributed by atoms with E-state index in [1.54, 1.807) is 30.3 Å². The van der Waals surface area contributed by atoms with Crippen LogP contribution >= 0.6 is 11.6 Å². The summed E-state index contributed by atoms with van der Waals surface area (Å²) in [5, 5.41) is 0.396. The van der Waals surface area contributed by atoms with Crippen LogP contribution in [0.5, 0.6) is 5.75 Å². The highest BCUT2D eigenvalue weighted by molar-refractivity contribution is 6.31. The molecule has 1 atom stereocenters. The molecule has 2 aromatic carbocycles. The Kier molecular flexibility index (Phi) is 7.28. The lowest BCUT2D eigenvalue weighted by atomic mass is 9.74. The molecule has 0 radical (unpaired) electrons. The van der Waals surface area contributed by atoms with Crippen molar-refractivity contribution in [3.63, 3.8) is 0 Å². The standard InChI is InChI=1S/C23H23ClFNO5/c1-26(21(28)14-31-22(29)15-30-19-11-5-4-10-18(19)25)23(13-7-6-12-20(23)27)16-8-2-3-9-17(16)24/h2-5,8-11H,6-7,12-15H2,1H3/t23-/m1/s1. The topological polar surface area (TPSA) is 72.9 Å². The number of rotatable bonds is 7. The number of carbonyl (C=O) groups is 3. The van der Waals surface area contributed by atoms with E-state index in [1.807, 2.05) is 0 Å².